The highest BCUT2D eigenvalue weighted by atomic mass is 32.1. The fraction of sp³-hybridized carbons (Fsp3) is 0.667. The first-order valence-electron chi connectivity index (χ1n) is 8.70. The molecule has 1 aromatic heterocycles. The minimum Gasteiger partial charge on any atom is -0.481 e. The SMILES string of the molecule is O=C(O)CCC1CCCCN1C(=O)CCCCCc1cccs1. The Balaban J connectivity index is 1.66. The largest absolute Gasteiger partial charge is 0.481 e. The van der Waals surface area contributed by atoms with Crippen molar-refractivity contribution in [1.29, 1.82) is 0 Å². The van der Waals surface area contributed by atoms with Crippen LogP contribution in [0.25, 0.3) is 0 Å². The molecule has 2 heterocycles. The molecule has 5 heteroatoms. The van der Waals surface area contributed by atoms with Crippen LogP contribution in [0.3, 0.4) is 0 Å². The first-order valence-corrected chi connectivity index (χ1v) is 9.58. The third-order valence-electron chi connectivity index (χ3n) is 4.53. The Morgan fingerprint density at radius 3 is 2.83 bits per heavy atom. The average Bonchev–Trinajstić information content (AvgIpc) is 3.06. The number of nitrogens with zero attached hydrogens (tertiary/aromatic N) is 1. The van der Waals surface area contributed by atoms with Gasteiger partial charge in [0, 0.05) is 30.3 Å². The average molecular weight is 337 g/mol. The third kappa shape index (κ3) is 6.34. The van der Waals surface area contributed by atoms with Gasteiger partial charge in [-0.1, -0.05) is 12.5 Å². The van der Waals surface area contributed by atoms with Gasteiger partial charge in [0.1, 0.15) is 0 Å². The lowest BCUT2D eigenvalue weighted by Gasteiger charge is -2.35. The van der Waals surface area contributed by atoms with E-state index in [0.29, 0.717) is 12.8 Å². The molecule has 0 aliphatic carbocycles. The Hall–Kier alpha value is -1.36. The number of aliphatic carboxylic acids is 1. The number of carbonyl (C=O) groups is 2. The summed E-state index contributed by atoms with van der Waals surface area (Å²) in [5, 5.41) is 10.9. The van der Waals surface area contributed by atoms with Crippen LogP contribution in [-0.4, -0.2) is 34.5 Å². The molecular formula is C18H27NO3S. The molecule has 1 aromatic rings. The lowest BCUT2D eigenvalue weighted by Crippen LogP contribution is -2.43. The number of hydrogen-bond donors (Lipinski definition) is 1. The van der Waals surface area contributed by atoms with Crippen molar-refractivity contribution < 1.29 is 14.7 Å². The predicted molar refractivity (Wildman–Crippen MR) is 92.7 cm³/mol. The Morgan fingerprint density at radius 2 is 2.09 bits per heavy atom. The Morgan fingerprint density at radius 1 is 1.22 bits per heavy atom. The zero-order valence-electron chi connectivity index (χ0n) is 13.7. The molecule has 2 rings (SSSR count). The van der Waals surface area contributed by atoms with Crippen LogP contribution in [0.5, 0.6) is 0 Å². The topological polar surface area (TPSA) is 57.6 Å². The fourth-order valence-corrected chi connectivity index (χ4v) is 4.02. The summed E-state index contributed by atoms with van der Waals surface area (Å²) in [6.45, 7) is 0.804. The standard InChI is InChI=1S/C18H27NO3S/c20-17(10-3-1-2-8-16-9-6-14-23-16)19-13-5-4-7-15(19)11-12-18(21)22/h6,9,14-15H,1-5,7-8,10-13H2,(H,21,22). The number of amides is 1. The minimum atomic E-state index is -0.767. The third-order valence-corrected chi connectivity index (χ3v) is 5.47. The molecule has 1 aliphatic rings. The number of carbonyl (C=O) groups excluding carboxylic acids is 1. The smallest absolute Gasteiger partial charge is 0.303 e. The summed E-state index contributed by atoms with van der Waals surface area (Å²) in [6, 6.07) is 4.38. The van der Waals surface area contributed by atoms with Crippen LogP contribution in [-0.2, 0) is 16.0 Å². The van der Waals surface area contributed by atoms with E-state index in [9.17, 15) is 9.59 Å². The van der Waals surface area contributed by atoms with Crippen molar-refractivity contribution in [2.24, 2.45) is 0 Å². The quantitative estimate of drug-likeness (QED) is 0.690. The first-order chi connectivity index (χ1) is 11.2. The molecule has 23 heavy (non-hydrogen) atoms. The van der Waals surface area contributed by atoms with Crippen molar-refractivity contribution in [3.8, 4) is 0 Å². The summed E-state index contributed by atoms with van der Waals surface area (Å²) >= 11 is 1.79. The van der Waals surface area contributed by atoms with Crippen LogP contribution in [0.2, 0.25) is 0 Å². The molecule has 0 radical (unpaired) electrons. The van der Waals surface area contributed by atoms with Crippen LogP contribution in [0.4, 0.5) is 0 Å². The van der Waals surface area contributed by atoms with E-state index in [1.54, 1.807) is 11.3 Å². The summed E-state index contributed by atoms with van der Waals surface area (Å²) in [5.41, 5.74) is 0. The van der Waals surface area contributed by atoms with Crippen LogP contribution in [0.15, 0.2) is 17.5 Å². The van der Waals surface area contributed by atoms with Gasteiger partial charge in [0.15, 0.2) is 0 Å². The van der Waals surface area contributed by atoms with Crippen molar-refractivity contribution in [2.75, 3.05) is 6.54 Å². The Labute approximate surface area is 142 Å². The Kier molecular flexibility index (Phi) is 7.59. The molecule has 0 spiro atoms. The van der Waals surface area contributed by atoms with Crippen LogP contribution in [0.1, 0.15) is 62.7 Å². The van der Waals surface area contributed by atoms with Gasteiger partial charge in [-0.15, -0.1) is 11.3 Å². The molecular weight excluding hydrogens is 310 g/mol. The van der Waals surface area contributed by atoms with Gasteiger partial charge in [-0.05, 0) is 56.4 Å². The number of thiophene rings is 1. The van der Waals surface area contributed by atoms with Crippen LogP contribution in [0, 0.1) is 0 Å². The van der Waals surface area contributed by atoms with Gasteiger partial charge in [-0.25, -0.2) is 0 Å². The van der Waals surface area contributed by atoms with Gasteiger partial charge >= 0.3 is 5.97 Å². The highest BCUT2D eigenvalue weighted by Gasteiger charge is 2.26. The number of unbranched alkanes of at least 4 members (excludes halogenated alkanes) is 2. The van der Waals surface area contributed by atoms with E-state index in [1.807, 2.05) is 4.90 Å². The molecule has 1 N–H and O–H groups in total. The van der Waals surface area contributed by atoms with E-state index in [-0.39, 0.29) is 18.4 Å². The zero-order chi connectivity index (χ0) is 16.5. The summed E-state index contributed by atoms with van der Waals surface area (Å²) in [6.07, 6.45) is 8.74. The summed E-state index contributed by atoms with van der Waals surface area (Å²) in [7, 11) is 0. The number of carboxylic acids is 1. The normalized spacial score (nSPS) is 18.1. The van der Waals surface area contributed by atoms with Crippen molar-refractivity contribution in [3.05, 3.63) is 22.4 Å². The summed E-state index contributed by atoms with van der Waals surface area (Å²) in [5.74, 6) is -0.548. The number of aryl methyl sites for hydroxylation is 1. The lowest BCUT2D eigenvalue weighted by atomic mass is 9.97. The molecule has 1 amide bonds. The monoisotopic (exact) mass is 337 g/mol. The van der Waals surface area contributed by atoms with Crippen molar-refractivity contribution in [3.63, 3.8) is 0 Å². The number of likely N-dealkylation sites (tertiary alicyclic amines) is 1. The second-order valence-corrected chi connectivity index (χ2v) is 7.34. The van der Waals surface area contributed by atoms with Crippen LogP contribution < -0.4 is 0 Å². The number of carboxylic acid groups (broad SMARTS) is 1. The molecule has 0 aromatic carbocycles. The highest BCUT2D eigenvalue weighted by Crippen LogP contribution is 2.22. The highest BCUT2D eigenvalue weighted by molar-refractivity contribution is 7.09. The fourth-order valence-electron chi connectivity index (χ4n) is 3.27. The van der Waals surface area contributed by atoms with Crippen molar-refractivity contribution in [2.45, 2.75) is 70.3 Å². The summed E-state index contributed by atoms with van der Waals surface area (Å²) < 4.78 is 0. The van der Waals surface area contributed by atoms with E-state index in [0.717, 1.165) is 51.5 Å². The van der Waals surface area contributed by atoms with E-state index in [1.165, 1.54) is 4.88 Å². The maximum absolute atomic E-state index is 12.4. The van der Waals surface area contributed by atoms with Gasteiger partial charge in [-0.3, -0.25) is 9.59 Å². The first kappa shape index (κ1) is 18.0. The molecule has 1 atom stereocenters. The maximum Gasteiger partial charge on any atom is 0.303 e. The molecule has 1 unspecified atom stereocenters. The molecule has 128 valence electrons. The van der Waals surface area contributed by atoms with E-state index in [2.05, 4.69) is 17.5 Å². The van der Waals surface area contributed by atoms with E-state index >= 15 is 0 Å². The van der Waals surface area contributed by atoms with Gasteiger partial charge in [0.25, 0.3) is 0 Å². The number of rotatable bonds is 9. The van der Waals surface area contributed by atoms with Gasteiger partial charge in [-0.2, -0.15) is 0 Å². The molecule has 0 bridgehead atoms. The van der Waals surface area contributed by atoms with Gasteiger partial charge in [0.05, 0.1) is 0 Å². The van der Waals surface area contributed by atoms with Gasteiger partial charge in [0.2, 0.25) is 5.91 Å². The predicted octanol–water partition coefficient (Wildman–Crippen LogP) is 4.10. The molecule has 1 fully saturated rings. The minimum absolute atomic E-state index is 0.137. The lowest BCUT2D eigenvalue weighted by molar-refractivity contribution is -0.140. The second-order valence-electron chi connectivity index (χ2n) is 6.31. The van der Waals surface area contributed by atoms with Crippen LogP contribution >= 0.6 is 11.3 Å². The zero-order valence-corrected chi connectivity index (χ0v) is 14.5. The molecule has 4 nitrogen and oxygen atoms in total. The molecule has 0 saturated carbocycles. The van der Waals surface area contributed by atoms with E-state index < -0.39 is 5.97 Å². The van der Waals surface area contributed by atoms with Crippen molar-refractivity contribution >= 4 is 23.2 Å². The maximum atomic E-state index is 12.4. The summed E-state index contributed by atoms with van der Waals surface area (Å²) in [4.78, 5) is 26.6. The molecule has 1 saturated heterocycles. The Bertz CT molecular complexity index is 486. The second kappa shape index (κ2) is 9.71. The van der Waals surface area contributed by atoms with E-state index in [4.69, 9.17) is 5.11 Å². The molecule has 1 aliphatic heterocycles. The number of hydrogen-bond acceptors (Lipinski definition) is 3. The van der Waals surface area contributed by atoms with Crippen molar-refractivity contribution in [1.82, 2.24) is 4.90 Å². The number of piperidine rings is 1. The van der Waals surface area contributed by atoms with Gasteiger partial charge < -0.3 is 10.0 Å².